The Balaban J connectivity index is 2.56. The van der Waals surface area contributed by atoms with Crippen LogP contribution in [0.3, 0.4) is 0 Å². The van der Waals surface area contributed by atoms with Gasteiger partial charge in [-0.15, -0.1) is 0 Å². The van der Waals surface area contributed by atoms with Crippen LogP contribution in [0.15, 0.2) is 34.8 Å². The van der Waals surface area contributed by atoms with E-state index < -0.39 is 17.4 Å². The maximum absolute atomic E-state index is 13.9. The zero-order valence-electron chi connectivity index (χ0n) is 9.81. The van der Waals surface area contributed by atoms with E-state index in [1.165, 1.54) is 25.1 Å². The van der Waals surface area contributed by atoms with Gasteiger partial charge in [0, 0.05) is 5.56 Å². The van der Waals surface area contributed by atoms with Gasteiger partial charge in [0.15, 0.2) is 5.78 Å². The standard InChI is InChI=1S/C14H8BrClF2O/c1-7-5-9(11(16)6-12(7)17)14(19)8-3-2-4-10(15)13(8)18/h2-6H,1H3. The SMILES string of the molecule is Cc1cc(C(=O)c2cccc(Br)c2F)c(Cl)cc1F. The number of benzene rings is 2. The molecule has 0 fully saturated rings. The van der Waals surface area contributed by atoms with E-state index in [1.807, 2.05) is 0 Å². The summed E-state index contributed by atoms with van der Waals surface area (Å²) in [5.74, 6) is -1.74. The zero-order valence-corrected chi connectivity index (χ0v) is 12.1. The highest BCUT2D eigenvalue weighted by molar-refractivity contribution is 9.10. The molecule has 1 nitrogen and oxygen atoms in total. The van der Waals surface area contributed by atoms with Gasteiger partial charge in [0.2, 0.25) is 0 Å². The van der Waals surface area contributed by atoms with Crippen molar-refractivity contribution >= 4 is 33.3 Å². The third kappa shape index (κ3) is 2.69. The molecule has 2 aromatic carbocycles. The van der Waals surface area contributed by atoms with Gasteiger partial charge in [-0.25, -0.2) is 8.78 Å². The van der Waals surface area contributed by atoms with E-state index >= 15 is 0 Å². The first-order chi connectivity index (χ1) is 8.91. The van der Waals surface area contributed by atoms with Crippen molar-refractivity contribution in [1.29, 1.82) is 0 Å². The second-order valence-electron chi connectivity index (χ2n) is 4.01. The lowest BCUT2D eigenvalue weighted by molar-refractivity contribution is 0.103. The molecule has 0 atom stereocenters. The molecule has 0 bridgehead atoms. The Morgan fingerprint density at radius 3 is 2.58 bits per heavy atom. The number of carbonyl (C=O) groups excluding carboxylic acids is 1. The molecule has 0 aromatic heterocycles. The summed E-state index contributed by atoms with van der Waals surface area (Å²) in [6, 6.07) is 6.77. The average Bonchev–Trinajstić information content (AvgIpc) is 2.36. The van der Waals surface area contributed by atoms with Crippen molar-refractivity contribution in [3.8, 4) is 0 Å². The minimum absolute atomic E-state index is 0.0347. The minimum Gasteiger partial charge on any atom is -0.288 e. The van der Waals surface area contributed by atoms with Gasteiger partial charge in [-0.2, -0.15) is 0 Å². The molecule has 19 heavy (non-hydrogen) atoms. The van der Waals surface area contributed by atoms with Crippen LogP contribution in [-0.4, -0.2) is 5.78 Å². The average molecular weight is 346 g/mol. The maximum Gasteiger partial charge on any atom is 0.197 e. The Morgan fingerprint density at radius 1 is 1.21 bits per heavy atom. The molecule has 0 saturated heterocycles. The summed E-state index contributed by atoms with van der Waals surface area (Å²) in [4.78, 5) is 12.2. The van der Waals surface area contributed by atoms with E-state index in [9.17, 15) is 13.6 Å². The largest absolute Gasteiger partial charge is 0.288 e. The van der Waals surface area contributed by atoms with Crippen LogP contribution in [0.2, 0.25) is 5.02 Å². The highest BCUT2D eigenvalue weighted by atomic mass is 79.9. The number of halogens is 4. The van der Waals surface area contributed by atoms with E-state index in [1.54, 1.807) is 6.07 Å². The Kier molecular flexibility index (Phi) is 4.02. The molecule has 0 spiro atoms. The van der Waals surface area contributed by atoms with Crippen molar-refractivity contribution in [2.45, 2.75) is 6.92 Å². The molecule has 0 heterocycles. The topological polar surface area (TPSA) is 17.1 Å². The molecule has 0 saturated carbocycles. The molecule has 0 aliphatic rings. The van der Waals surface area contributed by atoms with Crippen molar-refractivity contribution in [3.63, 3.8) is 0 Å². The van der Waals surface area contributed by atoms with E-state index in [0.717, 1.165) is 6.07 Å². The molecule has 0 amide bonds. The van der Waals surface area contributed by atoms with Crippen LogP contribution in [0.25, 0.3) is 0 Å². The molecule has 0 unspecified atom stereocenters. The Bertz CT molecular complexity index is 671. The first kappa shape index (κ1) is 14.2. The molecule has 0 radical (unpaired) electrons. The summed E-state index contributed by atoms with van der Waals surface area (Å²) < 4.78 is 27.3. The molecule has 98 valence electrons. The minimum atomic E-state index is -0.662. The molecule has 0 aliphatic carbocycles. The van der Waals surface area contributed by atoms with E-state index in [-0.39, 0.29) is 26.2 Å². The quantitative estimate of drug-likeness (QED) is 0.706. The van der Waals surface area contributed by atoms with Crippen LogP contribution in [0.5, 0.6) is 0 Å². The van der Waals surface area contributed by atoms with Crippen molar-refractivity contribution in [1.82, 2.24) is 0 Å². The number of hydrogen-bond donors (Lipinski definition) is 0. The lowest BCUT2D eigenvalue weighted by Gasteiger charge is -2.07. The molecule has 0 N–H and O–H groups in total. The predicted molar refractivity (Wildman–Crippen MR) is 73.7 cm³/mol. The van der Waals surface area contributed by atoms with Crippen molar-refractivity contribution in [2.75, 3.05) is 0 Å². The van der Waals surface area contributed by atoms with Crippen molar-refractivity contribution in [3.05, 3.63) is 68.2 Å². The van der Waals surface area contributed by atoms with Crippen molar-refractivity contribution < 1.29 is 13.6 Å². The van der Waals surface area contributed by atoms with Gasteiger partial charge in [0.25, 0.3) is 0 Å². The fraction of sp³-hybridized carbons (Fsp3) is 0.0714. The number of ketones is 1. The van der Waals surface area contributed by atoms with Crippen LogP contribution in [0, 0.1) is 18.6 Å². The first-order valence-electron chi connectivity index (χ1n) is 5.36. The number of carbonyl (C=O) groups is 1. The smallest absolute Gasteiger partial charge is 0.197 e. The fourth-order valence-corrected chi connectivity index (χ4v) is 2.26. The maximum atomic E-state index is 13.9. The molecule has 2 aromatic rings. The van der Waals surface area contributed by atoms with E-state index in [4.69, 9.17) is 11.6 Å². The third-order valence-corrected chi connectivity index (χ3v) is 3.61. The van der Waals surface area contributed by atoms with Crippen LogP contribution >= 0.6 is 27.5 Å². The highest BCUT2D eigenvalue weighted by Gasteiger charge is 2.19. The highest BCUT2D eigenvalue weighted by Crippen LogP contribution is 2.26. The van der Waals surface area contributed by atoms with Gasteiger partial charge in [-0.1, -0.05) is 17.7 Å². The fourth-order valence-electron chi connectivity index (χ4n) is 1.66. The second-order valence-corrected chi connectivity index (χ2v) is 5.27. The summed E-state index contributed by atoms with van der Waals surface area (Å²) in [6.45, 7) is 1.51. The summed E-state index contributed by atoms with van der Waals surface area (Å²) in [6.07, 6.45) is 0. The zero-order chi connectivity index (χ0) is 14.2. The van der Waals surface area contributed by atoms with E-state index in [0.29, 0.717) is 0 Å². The Hall–Kier alpha value is -1.26. The first-order valence-corrected chi connectivity index (χ1v) is 6.53. The predicted octanol–water partition coefficient (Wildman–Crippen LogP) is 4.92. The van der Waals surface area contributed by atoms with Crippen LogP contribution in [0.1, 0.15) is 21.5 Å². The van der Waals surface area contributed by atoms with Gasteiger partial charge in [0.05, 0.1) is 15.1 Å². The third-order valence-electron chi connectivity index (χ3n) is 2.69. The van der Waals surface area contributed by atoms with Gasteiger partial charge in [-0.05, 0) is 52.7 Å². The van der Waals surface area contributed by atoms with Gasteiger partial charge >= 0.3 is 0 Å². The van der Waals surface area contributed by atoms with Crippen molar-refractivity contribution in [2.24, 2.45) is 0 Å². The van der Waals surface area contributed by atoms with Crippen LogP contribution < -0.4 is 0 Å². The summed E-state index contributed by atoms with van der Waals surface area (Å²) in [5.41, 5.74) is 0.253. The van der Waals surface area contributed by atoms with Gasteiger partial charge in [0.1, 0.15) is 11.6 Å². The van der Waals surface area contributed by atoms with E-state index in [2.05, 4.69) is 15.9 Å². The second kappa shape index (κ2) is 5.39. The lowest BCUT2D eigenvalue weighted by Crippen LogP contribution is -2.06. The Labute approximate surface area is 122 Å². The number of rotatable bonds is 2. The summed E-state index contributed by atoms with van der Waals surface area (Å²) >= 11 is 8.85. The summed E-state index contributed by atoms with van der Waals surface area (Å²) in [7, 11) is 0. The Morgan fingerprint density at radius 2 is 1.89 bits per heavy atom. The van der Waals surface area contributed by atoms with Gasteiger partial charge < -0.3 is 0 Å². The van der Waals surface area contributed by atoms with Gasteiger partial charge in [-0.3, -0.25) is 4.79 Å². The molecule has 2 rings (SSSR count). The number of aryl methyl sites for hydroxylation is 1. The number of hydrogen-bond acceptors (Lipinski definition) is 1. The lowest BCUT2D eigenvalue weighted by atomic mass is 10.0. The monoisotopic (exact) mass is 344 g/mol. The van der Waals surface area contributed by atoms with Crippen LogP contribution in [-0.2, 0) is 0 Å². The molecule has 5 heteroatoms. The van der Waals surface area contributed by atoms with Crippen LogP contribution in [0.4, 0.5) is 8.78 Å². The molecule has 0 aliphatic heterocycles. The normalized spacial score (nSPS) is 10.6. The molecular weight excluding hydrogens is 338 g/mol. The summed E-state index contributed by atoms with van der Waals surface area (Å²) in [5, 5.41) is -0.0347. The molecular formula is C14H8BrClF2O.